The molecule has 0 amide bonds. The van der Waals surface area contributed by atoms with Crippen molar-refractivity contribution in [1.29, 1.82) is 0 Å². The van der Waals surface area contributed by atoms with Gasteiger partial charge in [-0.05, 0) is 42.7 Å². The predicted octanol–water partition coefficient (Wildman–Crippen LogP) is 5.10. The molecule has 0 saturated heterocycles. The Morgan fingerprint density at radius 2 is 1.37 bits per heavy atom. The Kier molecular flexibility index (Phi) is 4.32. The molecule has 27 heavy (non-hydrogen) atoms. The summed E-state index contributed by atoms with van der Waals surface area (Å²) in [5, 5.41) is 13.5. The van der Waals surface area contributed by atoms with E-state index in [1.165, 1.54) is 5.56 Å². The maximum absolute atomic E-state index is 4.73. The van der Waals surface area contributed by atoms with E-state index in [1.54, 1.807) is 4.80 Å². The van der Waals surface area contributed by atoms with Crippen LogP contribution in [0, 0.1) is 6.92 Å². The van der Waals surface area contributed by atoms with Crippen LogP contribution in [0.3, 0.4) is 0 Å². The molecule has 0 atom stereocenters. The van der Waals surface area contributed by atoms with Crippen molar-refractivity contribution in [2.45, 2.75) is 26.3 Å². The van der Waals surface area contributed by atoms with Gasteiger partial charge < -0.3 is 0 Å². The van der Waals surface area contributed by atoms with Crippen LogP contribution in [-0.4, -0.2) is 20.2 Å². The van der Waals surface area contributed by atoms with E-state index < -0.39 is 0 Å². The minimum absolute atomic E-state index is 0.384. The molecule has 0 bridgehead atoms. The summed E-state index contributed by atoms with van der Waals surface area (Å²) in [6.45, 7) is 6.29. The van der Waals surface area contributed by atoms with Gasteiger partial charge in [0.05, 0.1) is 0 Å². The van der Waals surface area contributed by atoms with E-state index >= 15 is 0 Å². The van der Waals surface area contributed by atoms with Gasteiger partial charge in [0.2, 0.25) is 5.82 Å². The summed E-state index contributed by atoms with van der Waals surface area (Å²) in [5.41, 5.74) is 5.23. The van der Waals surface area contributed by atoms with E-state index in [2.05, 4.69) is 73.5 Å². The smallest absolute Gasteiger partial charge is 0.154 e. The van der Waals surface area contributed by atoms with Crippen LogP contribution in [0.25, 0.3) is 22.5 Å². The molecule has 1 heterocycles. The SMILES string of the molecule is Cc1ccc(-c2ccccc2-c2nnn(C(C)(C)c3ccccc3)n2)cc1. The summed E-state index contributed by atoms with van der Waals surface area (Å²) in [6, 6.07) is 26.9. The van der Waals surface area contributed by atoms with Crippen molar-refractivity contribution >= 4 is 0 Å². The van der Waals surface area contributed by atoms with E-state index in [1.807, 2.05) is 36.4 Å². The van der Waals surface area contributed by atoms with Gasteiger partial charge in [0.15, 0.2) is 0 Å². The third kappa shape index (κ3) is 3.26. The topological polar surface area (TPSA) is 43.6 Å². The van der Waals surface area contributed by atoms with Crippen molar-refractivity contribution < 1.29 is 0 Å². The molecule has 4 nitrogen and oxygen atoms in total. The third-order valence-corrected chi connectivity index (χ3v) is 4.92. The summed E-state index contributed by atoms with van der Waals surface area (Å²) in [7, 11) is 0. The van der Waals surface area contributed by atoms with Crippen LogP contribution < -0.4 is 0 Å². The fourth-order valence-corrected chi connectivity index (χ4v) is 3.18. The van der Waals surface area contributed by atoms with Crippen molar-refractivity contribution in [2.75, 3.05) is 0 Å². The molecule has 4 heteroatoms. The highest BCUT2D eigenvalue weighted by atomic mass is 15.6. The molecular weight excluding hydrogens is 332 g/mol. The molecular formula is C23H22N4. The number of hydrogen-bond donors (Lipinski definition) is 0. The van der Waals surface area contributed by atoms with Gasteiger partial charge in [0.1, 0.15) is 5.54 Å². The van der Waals surface area contributed by atoms with Crippen LogP contribution in [0.5, 0.6) is 0 Å². The number of benzene rings is 3. The van der Waals surface area contributed by atoms with Crippen LogP contribution in [0.15, 0.2) is 78.9 Å². The highest BCUT2D eigenvalue weighted by Gasteiger charge is 2.26. The van der Waals surface area contributed by atoms with Gasteiger partial charge >= 0.3 is 0 Å². The van der Waals surface area contributed by atoms with Crippen molar-refractivity contribution in [3.63, 3.8) is 0 Å². The second-order valence-corrected chi connectivity index (χ2v) is 7.24. The maximum atomic E-state index is 4.73. The second kappa shape index (κ2) is 6.80. The van der Waals surface area contributed by atoms with Crippen molar-refractivity contribution in [2.24, 2.45) is 0 Å². The predicted molar refractivity (Wildman–Crippen MR) is 108 cm³/mol. The lowest BCUT2D eigenvalue weighted by molar-refractivity contribution is 0.337. The Balaban J connectivity index is 1.76. The Hall–Kier alpha value is -3.27. The van der Waals surface area contributed by atoms with Crippen LogP contribution in [0.4, 0.5) is 0 Å². The van der Waals surface area contributed by atoms with Gasteiger partial charge in [-0.15, -0.1) is 10.2 Å². The zero-order chi connectivity index (χ0) is 18.9. The number of aromatic nitrogens is 4. The molecule has 4 rings (SSSR count). The average Bonchev–Trinajstić information content (AvgIpc) is 3.20. The average molecular weight is 354 g/mol. The van der Waals surface area contributed by atoms with E-state index in [9.17, 15) is 0 Å². The molecule has 0 N–H and O–H groups in total. The van der Waals surface area contributed by atoms with Gasteiger partial charge in [-0.2, -0.15) is 4.80 Å². The molecule has 0 fully saturated rings. The van der Waals surface area contributed by atoms with Crippen molar-refractivity contribution in [3.05, 3.63) is 90.0 Å². The lowest BCUT2D eigenvalue weighted by Crippen LogP contribution is -2.30. The first-order valence-corrected chi connectivity index (χ1v) is 9.08. The standard InChI is InChI=1S/C23H22N4/c1-17-13-15-18(16-14-17)20-11-7-8-12-21(20)22-24-26-27(25-22)23(2,3)19-9-5-4-6-10-19/h4-16H,1-3H3. The van der Waals surface area contributed by atoms with Crippen LogP contribution in [0.1, 0.15) is 25.0 Å². The van der Waals surface area contributed by atoms with E-state index in [0.717, 1.165) is 22.3 Å². The largest absolute Gasteiger partial charge is 0.205 e. The lowest BCUT2D eigenvalue weighted by atomic mass is 9.95. The number of nitrogens with zero attached hydrogens (tertiary/aromatic N) is 4. The Labute approximate surface area is 159 Å². The van der Waals surface area contributed by atoms with Gasteiger partial charge in [-0.3, -0.25) is 0 Å². The van der Waals surface area contributed by atoms with Crippen LogP contribution in [-0.2, 0) is 5.54 Å². The third-order valence-electron chi connectivity index (χ3n) is 4.92. The van der Waals surface area contributed by atoms with E-state index in [0.29, 0.717) is 5.82 Å². The fourth-order valence-electron chi connectivity index (χ4n) is 3.18. The minimum atomic E-state index is -0.384. The highest BCUT2D eigenvalue weighted by molar-refractivity contribution is 5.80. The zero-order valence-corrected chi connectivity index (χ0v) is 15.8. The van der Waals surface area contributed by atoms with Gasteiger partial charge in [-0.1, -0.05) is 84.4 Å². The molecule has 0 aliphatic heterocycles. The molecule has 0 spiro atoms. The van der Waals surface area contributed by atoms with Crippen molar-refractivity contribution in [3.8, 4) is 22.5 Å². The minimum Gasteiger partial charge on any atom is -0.154 e. The first kappa shape index (κ1) is 17.2. The second-order valence-electron chi connectivity index (χ2n) is 7.24. The highest BCUT2D eigenvalue weighted by Crippen LogP contribution is 2.31. The molecule has 0 unspecified atom stereocenters. The fraction of sp³-hybridized carbons (Fsp3) is 0.174. The first-order valence-electron chi connectivity index (χ1n) is 9.08. The van der Waals surface area contributed by atoms with Gasteiger partial charge in [0.25, 0.3) is 0 Å². The Morgan fingerprint density at radius 3 is 2.07 bits per heavy atom. The van der Waals surface area contributed by atoms with E-state index in [-0.39, 0.29) is 5.54 Å². The normalized spacial score (nSPS) is 11.5. The zero-order valence-electron chi connectivity index (χ0n) is 15.8. The number of aryl methyl sites for hydroxylation is 1. The summed E-state index contributed by atoms with van der Waals surface area (Å²) in [4.78, 5) is 1.70. The van der Waals surface area contributed by atoms with Gasteiger partial charge in [0, 0.05) is 5.56 Å². The molecule has 4 aromatic rings. The Morgan fingerprint density at radius 1 is 0.741 bits per heavy atom. The molecule has 0 radical (unpaired) electrons. The number of hydrogen-bond acceptors (Lipinski definition) is 3. The quantitative estimate of drug-likeness (QED) is 0.512. The molecule has 0 aliphatic carbocycles. The summed E-state index contributed by atoms with van der Waals surface area (Å²) in [5.74, 6) is 0.634. The lowest BCUT2D eigenvalue weighted by Gasteiger charge is -2.23. The first-order chi connectivity index (χ1) is 13.1. The van der Waals surface area contributed by atoms with E-state index in [4.69, 9.17) is 5.10 Å². The summed E-state index contributed by atoms with van der Waals surface area (Å²) < 4.78 is 0. The van der Waals surface area contributed by atoms with Crippen LogP contribution >= 0.6 is 0 Å². The Bertz CT molecular complexity index is 1050. The molecule has 1 aromatic heterocycles. The van der Waals surface area contributed by atoms with Crippen LogP contribution in [0.2, 0.25) is 0 Å². The summed E-state index contributed by atoms with van der Waals surface area (Å²) >= 11 is 0. The molecule has 0 saturated carbocycles. The molecule has 134 valence electrons. The monoisotopic (exact) mass is 354 g/mol. The van der Waals surface area contributed by atoms with Gasteiger partial charge in [-0.25, -0.2) is 0 Å². The number of rotatable bonds is 4. The maximum Gasteiger partial charge on any atom is 0.205 e. The number of tetrazole rings is 1. The molecule has 0 aliphatic rings. The summed E-state index contributed by atoms with van der Waals surface area (Å²) in [6.07, 6.45) is 0. The van der Waals surface area contributed by atoms with Crippen molar-refractivity contribution in [1.82, 2.24) is 20.2 Å². The molecule has 3 aromatic carbocycles.